The van der Waals surface area contributed by atoms with Crippen LogP contribution in [0.5, 0.6) is 0 Å². The Morgan fingerprint density at radius 1 is 1.19 bits per heavy atom. The van der Waals surface area contributed by atoms with E-state index in [2.05, 4.69) is 37.8 Å². The maximum Gasteiger partial charge on any atom is 0.147 e. The molecule has 0 bridgehead atoms. The van der Waals surface area contributed by atoms with Crippen molar-refractivity contribution in [1.82, 2.24) is 9.97 Å². The molecule has 0 aromatic carbocycles. The topological polar surface area (TPSA) is 29.0 Å². The highest BCUT2D eigenvalue weighted by atomic mass is 79.9. The van der Waals surface area contributed by atoms with Crippen LogP contribution in [-0.4, -0.2) is 28.9 Å². The summed E-state index contributed by atoms with van der Waals surface area (Å²) in [6.07, 6.45) is 5.56. The maximum absolute atomic E-state index is 4.53. The first-order valence-electron chi connectivity index (χ1n) is 5.72. The number of aryl methyl sites for hydroxylation is 2. The van der Waals surface area contributed by atoms with Gasteiger partial charge in [0.25, 0.3) is 0 Å². The van der Waals surface area contributed by atoms with Gasteiger partial charge in [0, 0.05) is 18.9 Å². The summed E-state index contributed by atoms with van der Waals surface area (Å²) in [5.74, 6) is 0.974. The number of nitrogens with zero attached hydrogens (tertiary/aromatic N) is 3. The zero-order chi connectivity index (χ0) is 12.0. The second-order valence-corrected chi connectivity index (χ2v) is 4.86. The van der Waals surface area contributed by atoms with Crippen LogP contribution in [-0.2, 0) is 0 Å². The van der Waals surface area contributed by atoms with Crippen molar-refractivity contribution in [2.75, 3.05) is 23.8 Å². The molecular formula is C12H20BrN3. The van der Waals surface area contributed by atoms with E-state index in [1.54, 1.807) is 0 Å². The molecule has 1 rings (SSSR count). The molecule has 16 heavy (non-hydrogen) atoms. The maximum atomic E-state index is 4.53. The Labute approximate surface area is 106 Å². The van der Waals surface area contributed by atoms with Crippen LogP contribution in [0, 0.1) is 13.8 Å². The zero-order valence-electron chi connectivity index (χ0n) is 10.3. The van der Waals surface area contributed by atoms with Gasteiger partial charge in [0.2, 0.25) is 0 Å². The molecule has 4 heteroatoms. The van der Waals surface area contributed by atoms with Crippen LogP contribution in [0.1, 0.15) is 30.7 Å². The molecule has 0 unspecified atom stereocenters. The molecule has 0 fully saturated rings. The van der Waals surface area contributed by atoms with Crippen LogP contribution in [0.2, 0.25) is 0 Å². The van der Waals surface area contributed by atoms with Crippen LogP contribution in [0.4, 0.5) is 5.82 Å². The van der Waals surface area contributed by atoms with E-state index in [9.17, 15) is 0 Å². The van der Waals surface area contributed by atoms with Crippen LogP contribution in [0.3, 0.4) is 0 Å². The van der Waals surface area contributed by atoms with Gasteiger partial charge < -0.3 is 4.90 Å². The summed E-state index contributed by atoms with van der Waals surface area (Å²) in [6, 6.07) is 0. The Hall–Kier alpha value is -0.640. The third kappa shape index (κ3) is 4.08. The molecule has 1 heterocycles. The Kier molecular flexibility index (Phi) is 5.74. The molecule has 0 N–H and O–H groups in total. The first-order chi connectivity index (χ1) is 7.65. The van der Waals surface area contributed by atoms with E-state index in [1.807, 2.05) is 20.0 Å². The van der Waals surface area contributed by atoms with E-state index < -0.39 is 0 Å². The molecular weight excluding hydrogens is 266 g/mol. The molecule has 0 saturated carbocycles. The van der Waals surface area contributed by atoms with Gasteiger partial charge in [-0.3, -0.25) is 4.98 Å². The zero-order valence-corrected chi connectivity index (χ0v) is 11.9. The molecule has 0 saturated heterocycles. The molecule has 90 valence electrons. The highest BCUT2D eigenvalue weighted by Gasteiger charge is 2.04. The first-order valence-corrected chi connectivity index (χ1v) is 6.84. The van der Waals surface area contributed by atoms with Gasteiger partial charge in [-0.25, -0.2) is 4.98 Å². The number of aromatic nitrogens is 2. The summed E-state index contributed by atoms with van der Waals surface area (Å²) < 4.78 is 0. The molecule has 0 atom stereocenters. The molecule has 1 aromatic rings. The summed E-state index contributed by atoms with van der Waals surface area (Å²) in [7, 11) is 2.08. The van der Waals surface area contributed by atoms with Crippen LogP contribution >= 0.6 is 15.9 Å². The predicted molar refractivity (Wildman–Crippen MR) is 72.4 cm³/mol. The van der Waals surface area contributed by atoms with Gasteiger partial charge in [-0.2, -0.15) is 0 Å². The fourth-order valence-electron chi connectivity index (χ4n) is 1.45. The summed E-state index contributed by atoms with van der Waals surface area (Å²) >= 11 is 3.44. The highest BCUT2D eigenvalue weighted by Crippen LogP contribution is 2.11. The van der Waals surface area contributed by atoms with Gasteiger partial charge in [-0.05, 0) is 26.7 Å². The van der Waals surface area contributed by atoms with Gasteiger partial charge in [-0.15, -0.1) is 0 Å². The van der Waals surface area contributed by atoms with Crippen LogP contribution in [0.25, 0.3) is 0 Å². The lowest BCUT2D eigenvalue weighted by atomic mass is 10.2. The summed E-state index contributed by atoms with van der Waals surface area (Å²) in [6.45, 7) is 5.04. The Balaban J connectivity index is 2.46. The van der Waals surface area contributed by atoms with Crippen molar-refractivity contribution in [2.24, 2.45) is 0 Å². The fourth-order valence-corrected chi connectivity index (χ4v) is 1.84. The average molecular weight is 286 g/mol. The Morgan fingerprint density at radius 3 is 2.56 bits per heavy atom. The van der Waals surface area contributed by atoms with E-state index >= 15 is 0 Å². The van der Waals surface area contributed by atoms with E-state index in [4.69, 9.17) is 0 Å². The first kappa shape index (κ1) is 13.4. The second kappa shape index (κ2) is 6.84. The highest BCUT2D eigenvalue weighted by molar-refractivity contribution is 9.09. The molecule has 0 amide bonds. The Morgan fingerprint density at radius 2 is 1.94 bits per heavy atom. The minimum absolute atomic E-state index is 0.974. The van der Waals surface area contributed by atoms with Gasteiger partial charge in [0.15, 0.2) is 0 Å². The summed E-state index contributed by atoms with van der Waals surface area (Å²) in [4.78, 5) is 11.0. The van der Waals surface area contributed by atoms with Crippen LogP contribution < -0.4 is 4.90 Å². The third-order valence-electron chi connectivity index (χ3n) is 2.70. The SMILES string of the molecule is Cc1ncc(N(C)CCCCCBr)nc1C. The van der Waals surface area contributed by atoms with Crippen LogP contribution in [0.15, 0.2) is 6.20 Å². The van der Waals surface area contributed by atoms with Crippen molar-refractivity contribution < 1.29 is 0 Å². The quantitative estimate of drug-likeness (QED) is 0.594. The van der Waals surface area contributed by atoms with Crippen molar-refractivity contribution in [3.8, 4) is 0 Å². The second-order valence-electron chi connectivity index (χ2n) is 4.07. The van der Waals surface area contributed by atoms with Crippen molar-refractivity contribution in [3.63, 3.8) is 0 Å². The number of unbranched alkanes of at least 4 members (excludes halogenated alkanes) is 2. The number of anilines is 1. The monoisotopic (exact) mass is 285 g/mol. The number of rotatable bonds is 6. The van der Waals surface area contributed by atoms with E-state index in [0.29, 0.717) is 0 Å². The third-order valence-corrected chi connectivity index (χ3v) is 3.26. The van der Waals surface area contributed by atoms with Gasteiger partial charge in [0.1, 0.15) is 5.82 Å². The number of hydrogen-bond donors (Lipinski definition) is 0. The van der Waals surface area contributed by atoms with E-state index in [1.165, 1.54) is 19.3 Å². The lowest BCUT2D eigenvalue weighted by Crippen LogP contribution is -2.20. The lowest BCUT2D eigenvalue weighted by Gasteiger charge is -2.18. The standard InChI is InChI=1S/C12H20BrN3/c1-10-11(2)15-12(9-14-10)16(3)8-6-4-5-7-13/h9H,4-8H2,1-3H3. The number of halogens is 1. The molecule has 0 radical (unpaired) electrons. The summed E-state index contributed by atoms with van der Waals surface area (Å²) in [5.41, 5.74) is 2.03. The van der Waals surface area contributed by atoms with Crippen molar-refractivity contribution in [2.45, 2.75) is 33.1 Å². The molecule has 0 spiro atoms. The molecule has 3 nitrogen and oxygen atoms in total. The molecule has 0 aliphatic carbocycles. The minimum atomic E-state index is 0.974. The normalized spacial score (nSPS) is 10.5. The Bertz CT molecular complexity index is 328. The van der Waals surface area contributed by atoms with Gasteiger partial charge in [-0.1, -0.05) is 22.4 Å². The van der Waals surface area contributed by atoms with E-state index in [-0.39, 0.29) is 0 Å². The van der Waals surface area contributed by atoms with Crippen molar-refractivity contribution in [1.29, 1.82) is 0 Å². The van der Waals surface area contributed by atoms with Crippen molar-refractivity contribution >= 4 is 21.7 Å². The van der Waals surface area contributed by atoms with Crippen molar-refractivity contribution in [3.05, 3.63) is 17.6 Å². The summed E-state index contributed by atoms with van der Waals surface area (Å²) in [5, 5.41) is 1.10. The molecule has 1 aromatic heterocycles. The predicted octanol–water partition coefficient (Wildman–Crippen LogP) is 3.09. The van der Waals surface area contributed by atoms with Gasteiger partial charge >= 0.3 is 0 Å². The fraction of sp³-hybridized carbons (Fsp3) is 0.667. The number of alkyl halides is 1. The number of hydrogen-bond acceptors (Lipinski definition) is 3. The molecule has 0 aliphatic heterocycles. The van der Waals surface area contributed by atoms with Gasteiger partial charge in [0.05, 0.1) is 17.6 Å². The molecule has 0 aliphatic rings. The average Bonchev–Trinajstić information content (AvgIpc) is 2.28. The lowest BCUT2D eigenvalue weighted by molar-refractivity contribution is 0.705. The minimum Gasteiger partial charge on any atom is -0.358 e. The largest absolute Gasteiger partial charge is 0.358 e. The van der Waals surface area contributed by atoms with E-state index in [0.717, 1.165) is 29.1 Å². The smallest absolute Gasteiger partial charge is 0.147 e.